The van der Waals surface area contributed by atoms with Gasteiger partial charge in [0, 0.05) is 16.7 Å². The fourth-order valence-corrected chi connectivity index (χ4v) is 2.41. The second-order valence-corrected chi connectivity index (χ2v) is 5.92. The summed E-state index contributed by atoms with van der Waals surface area (Å²) in [6, 6.07) is 2.45. The topological polar surface area (TPSA) is 58.9 Å². The van der Waals surface area contributed by atoms with Crippen molar-refractivity contribution in [2.75, 3.05) is 6.61 Å². The van der Waals surface area contributed by atoms with Crippen molar-refractivity contribution in [2.45, 2.75) is 26.8 Å². The normalized spacial score (nSPS) is 12.7. The van der Waals surface area contributed by atoms with Gasteiger partial charge in [0.15, 0.2) is 0 Å². The third-order valence-electron chi connectivity index (χ3n) is 2.50. The fourth-order valence-electron chi connectivity index (χ4n) is 1.55. The Bertz CT molecular complexity index is 606. The molecular weight excluding hydrogens is 377 g/mol. The molecule has 0 bridgehead atoms. The average Bonchev–Trinajstić information content (AvgIpc) is 2.37. The van der Waals surface area contributed by atoms with E-state index >= 15 is 0 Å². The number of hydrogen-bond acceptors (Lipinski definition) is 4. The van der Waals surface area contributed by atoms with E-state index < -0.39 is 17.5 Å². The number of ether oxygens (including phenoxy) is 1. The number of aliphatic hydroxyl groups excluding tert-OH is 1. The molecule has 0 aliphatic rings. The van der Waals surface area contributed by atoms with Gasteiger partial charge in [0.05, 0.1) is 17.2 Å². The van der Waals surface area contributed by atoms with Crippen LogP contribution in [0.5, 0.6) is 0 Å². The standard InChI is InChI=1S/C15H16BrClFNO3/c1-4-22-15(21)10(7-19-8(2)3)14(20)13-11(17)5-9(16)6-12(13)18/h5-8,20H,4H2,1-3H3/b14-10-,19-7?. The van der Waals surface area contributed by atoms with Crippen LogP contribution < -0.4 is 0 Å². The fraction of sp³-hybridized carbons (Fsp3) is 0.333. The summed E-state index contributed by atoms with van der Waals surface area (Å²) in [7, 11) is 0. The summed E-state index contributed by atoms with van der Waals surface area (Å²) in [6.45, 7) is 5.33. The van der Waals surface area contributed by atoms with E-state index in [1.807, 2.05) is 0 Å². The molecule has 1 rings (SSSR count). The Kier molecular flexibility index (Phi) is 7.03. The molecule has 0 atom stereocenters. The SMILES string of the molecule is CCOC(=O)/C(C=NC(C)C)=C(\O)c1c(F)cc(Br)cc1Cl. The number of aliphatic imine (C=N–C) groups is 1. The number of aliphatic hydroxyl groups is 1. The quantitative estimate of drug-likeness (QED) is 0.346. The third kappa shape index (κ3) is 4.81. The van der Waals surface area contributed by atoms with E-state index in [9.17, 15) is 14.3 Å². The Morgan fingerprint density at radius 3 is 2.68 bits per heavy atom. The number of carbonyl (C=O) groups excluding carboxylic acids is 1. The molecule has 1 N–H and O–H groups in total. The van der Waals surface area contributed by atoms with E-state index in [0.717, 1.165) is 12.3 Å². The van der Waals surface area contributed by atoms with Crippen molar-refractivity contribution in [2.24, 2.45) is 4.99 Å². The van der Waals surface area contributed by atoms with Gasteiger partial charge in [0.1, 0.15) is 17.1 Å². The molecule has 0 aliphatic carbocycles. The Labute approximate surface area is 141 Å². The maximum absolute atomic E-state index is 14.1. The van der Waals surface area contributed by atoms with Crippen LogP contribution in [0.2, 0.25) is 5.02 Å². The highest BCUT2D eigenvalue weighted by molar-refractivity contribution is 9.10. The second-order valence-electron chi connectivity index (χ2n) is 4.60. The lowest BCUT2D eigenvalue weighted by atomic mass is 10.1. The van der Waals surface area contributed by atoms with Gasteiger partial charge in [0.25, 0.3) is 0 Å². The van der Waals surface area contributed by atoms with Crippen LogP contribution in [0.3, 0.4) is 0 Å². The minimum atomic E-state index is -0.803. The third-order valence-corrected chi connectivity index (χ3v) is 3.25. The molecule has 7 heteroatoms. The first-order valence-corrected chi connectivity index (χ1v) is 7.73. The number of rotatable bonds is 5. The highest BCUT2D eigenvalue weighted by atomic mass is 79.9. The van der Waals surface area contributed by atoms with Crippen molar-refractivity contribution in [1.29, 1.82) is 0 Å². The predicted octanol–water partition coefficient (Wildman–Crippen LogP) is 4.55. The Morgan fingerprint density at radius 2 is 2.18 bits per heavy atom. The van der Waals surface area contributed by atoms with Gasteiger partial charge in [-0.25, -0.2) is 9.18 Å². The van der Waals surface area contributed by atoms with Crippen LogP contribution in [0.1, 0.15) is 26.3 Å². The first kappa shape index (κ1) is 18.6. The van der Waals surface area contributed by atoms with E-state index in [1.54, 1.807) is 20.8 Å². The van der Waals surface area contributed by atoms with E-state index in [4.69, 9.17) is 16.3 Å². The molecule has 0 spiro atoms. The molecule has 1 aromatic carbocycles. The van der Waals surface area contributed by atoms with Crippen molar-refractivity contribution in [3.05, 3.63) is 38.6 Å². The molecular formula is C15H16BrClFNO3. The minimum Gasteiger partial charge on any atom is -0.506 e. The van der Waals surface area contributed by atoms with Gasteiger partial charge in [0.2, 0.25) is 0 Å². The van der Waals surface area contributed by atoms with Crippen LogP contribution in [0.4, 0.5) is 4.39 Å². The van der Waals surface area contributed by atoms with E-state index in [0.29, 0.717) is 4.47 Å². The number of benzene rings is 1. The summed E-state index contributed by atoms with van der Waals surface area (Å²) in [5.41, 5.74) is -0.526. The molecule has 0 aromatic heterocycles. The van der Waals surface area contributed by atoms with E-state index in [1.165, 1.54) is 6.07 Å². The smallest absolute Gasteiger partial charge is 0.343 e. The highest BCUT2D eigenvalue weighted by Gasteiger charge is 2.21. The van der Waals surface area contributed by atoms with Gasteiger partial charge >= 0.3 is 5.97 Å². The average molecular weight is 393 g/mol. The van der Waals surface area contributed by atoms with Crippen LogP contribution in [0, 0.1) is 5.82 Å². The number of hydrogen-bond donors (Lipinski definition) is 1. The van der Waals surface area contributed by atoms with E-state index in [2.05, 4.69) is 20.9 Å². The molecule has 0 radical (unpaired) electrons. The van der Waals surface area contributed by atoms with Gasteiger partial charge in [-0.1, -0.05) is 27.5 Å². The number of carbonyl (C=O) groups is 1. The Hall–Kier alpha value is -1.40. The largest absolute Gasteiger partial charge is 0.506 e. The maximum atomic E-state index is 14.1. The molecule has 22 heavy (non-hydrogen) atoms. The maximum Gasteiger partial charge on any atom is 0.343 e. The first-order valence-electron chi connectivity index (χ1n) is 6.56. The van der Waals surface area contributed by atoms with Crippen molar-refractivity contribution in [3.63, 3.8) is 0 Å². The van der Waals surface area contributed by atoms with Crippen LogP contribution in [0.25, 0.3) is 5.76 Å². The Morgan fingerprint density at radius 1 is 1.55 bits per heavy atom. The zero-order valence-corrected chi connectivity index (χ0v) is 14.7. The molecule has 0 saturated heterocycles. The second kappa shape index (κ2) is 8.29. The predicted molar refractivity (Wildman–Crippen MR) is 88.9 cm³/mol. The number of halogens is 3. The van der Waals surface area contributed by atoms with Crippen LogP contribution in [-0.4, -0.2) is 29.9 Å². The summed E-state index contributed by atoms with van der Waals surface area (Å²) < 4.78 is 19.3. The van der Waals surface area contributed by atoms with Crippen molar-refractivity contribution in [1.82, 2.24) is 0 Å². The van der Waals surface area contributed by atoms with Crippen LogP contribution >= 0.6 is 27.5 Å². The lowest BCUT2D eigenvalue weighted by molar-refractivity contribution is -0.137. The monoisotopic (exact) mass is 391 g/mol. The molecule has 0 fully saturated rings. The zero-order valence-electron chi connectivity index (χ0n) is 12.4. The number of esters is 1. The van der Waals surface area contributed by atoms with Crippen LogP contribution in [0.15, 0.2) is 27.2 Å². The molecule has 120 valence electrons. The first-order chi connectivity index (χ1) is 10.3. The highest BCUT2D eigenvalue weighted by Crippen LogP contribution is 2.30. The summed E-state index contributed by atoms with van der Waals surface area (Å²) in [5, 5.41) is 10.3. The molecule has 0 unspecified atom stereocenters. The van der Waals surface area contributed by atoms with Crippen LogP contribution in [-0.2, 0) is 9.53 Å². The lowest BCUT2D eigenvalue weighted by Gasteiger charge is -2.10. The van der Waals surface area contributed by atoms with Gasteiger partial charge in [-0.15, -0.1) is 0 Å². The van der Waals surface area contributed by atoms with Crippen molar-refractivity contribution >= 4 is 45.5 Å². The van der Waals surface area contributed by atoms with Gasteiger partial charge in [-0.05, 0) is 32.9 Å². The van der Waals surface area contributed by atoms with Gasteiger partial charge < -0.3 is 9.84 Å². The van der Waals surface area contributed by atoms with E-state index in [-0.39, 0.29) is 28.8 Å². The molecule has 0 saturated carbocycles. The summed E-state index contributed by atoms with van der Waals surface area (Å²) in [6.07, 6.45) is 1.16. The lowest BCUT2D eigenvalue weighted by Crippen LogP contribution is -2.12. The molecule has 0 aliphatic heterocycles. The van der Waals surface area contributed by atoms with Gasteiger partial charge in [-0.3, -0.25) is 4.99 Å². The molecule has 0 amide bonds. The zero-order chi connectivity index (χ0) is 16.9. The summed E-state index contributed by atoms with van der Waals surface area (Å²) >= 11 is 9.05. The number of nitrogens with zero attached hydrogens (tertiary/aromatic N) is 1. The molecule has 0 heterocycles. The summed E-state index contributed by atoms with van der Waals surface area (Å²) in [5.74, 6) is -2.18. The van der Waals surface area contributed by atoms with Crippen molar-refractivity contribution < 1.29 is 19.0 Å². The Balaban J connectivity index is 3.48. The minimum absolute atomic E-state index is 0.0379. The van der Waals surface area contributed by atoms with Crippen molar-refractivity contribution in [3.8, 4) is 0 Å². The van der Waals surface area contributed by atoms with Gasteiger partial charge in [-0.2, -0.15) is 0 Å². The molecule has 4 nitrogen and oxygen atoms in total. The summed E-state index contributed by atoms with van der Waals surface area (Å²) in [4.78, 5) is 16.0. The molecule has 1 aromatic rings.